The molecule has 1 aromatic rings. The molecule has 9 unspecified atom stereocenters. The second-order valence-corrected chi connectivity index (χ2v) is 21.7. The molecule has 7 aliphatic rings. The zero-order chi connectivity index (χ0) is 40.6. The third kappa shape index (κ3) is 5.44. The van der Waals surface area contributed by atoms with Crippen molar-refractivity contribution in [3.8, 4) is 0 Å². The fourth-order valence-corrected chi connectivity index (χ4v) is 14.4. The predicted molar refractivity (Wildman–Crippen MR) is 210 cm³/mol. The van der Waals surface area contributed by atoms with Crippen molar-refractivity contribution in [2.45, 2.75) is 157 Å². The number of nitrogens with zero attached hydrogens (tertiary/aromatic N) is 3. The highest BCUT2D eigenvalue weighted by Gasteiger charge is 2.72. The molecule has 10 nitrogen and oxygen atoms in total. The molecule has 1 aliphatic heterocycles. The Bertz CT molecular complexity index is 1890. The summed E-state index contributed by atoms with van der Waals surface area (Å²) in [7, 11) is 0. The number of cyclic esters (lactones) is 1. The van der Waals surface area contributed by atoms with Crippen LogP contribution in [0.3, 0.4) is 0 Å². The molecule has 0 spiro atoms. The number of aliphatic carboxylic acids is 1. The van der Waals surface area contributed by atoms with Gasteiger partial charge < -0.3 is 14.6 Å². The molecule has 8 rings (SSSR count). The van der Waals surface area contributed by atoms with Crippen molar-refractivity contribution >= 4 is 35.4 Å². The molecule has 1 aromatic heterocycles. The number of carboxylic acids is 1. The molecule has 0 radical (unpaired) electrons. The van der Waals surface area contributed by atoms with Crippen LogP contribution in [0, 0.1) is 56.2 Å². The van der Waals surface area contributed by atoms with Crippen molar-refractivity contribution in [1.82, 2.24) is 14.9 Å². The van der Waals surface area contributed by atoms with Crippen LogP contribution in [0.25, 0.3) is 0 Å². The molecule has 1 amide bonds. The van der Waals surface area contributed by atoms with E-state index in [0.29, 0.717) is 35.6 Å². The Morgan fingerprint density at radius 1 is 0.946 bits per heavy atom. The first kappa shape index (κ1) is 39.8. The number of allylic oxidation sites excluding steroid dienone is 1. The number of Topliss-reactive ketones (excluding diaryl/α,β-unsaturated/α-hetero) is 1. The molecule has 56 heavy (non-hydrogen) atoms. The van der Waals surface area contributed by atoms with E-state index in [1.165, 1.54) is 5.57 Å². The van der Waals surface area contributed by atoms with Crippen molar-refractivity contribution < 1.29 is 33.8 Å². The van der Waals surface area contributed by atoms with Gasteiger partial charge in [-0.1, -0.05) is 60.1 Å². The van der Waals surface area contributed by atoms with Gasteiger partial charge in [-0.15, -0.1) is 0 Å². The molecule has 0 bridgehead atoms. The first-order chi connectivity index (χ1) is 26.1. The monoisotopic (exact) mass is 791 g/mol. The van der Waals surface area contributed by atoms with Crippen LogP contribution >= 0.6 is 11.6 Å². The third-order valence-corrected chi connectivity index (χ3v) is 17.8. The van der Waals surface area contributed by atoms with Crippen molar-refractivity contribution in [3.63, 3.8) is 0 Å². The molecule has 11 heteroatoms. The van der Waals surface area contributed by atoms with E-state index in [1.807, 2.05) is 4.90 Å². The summed E-state index contributed by atoms with van der Waals surface area (Å²) in [6.07, 6.45) is 11.6. The third-order valence-electron chi connectivity index (χ3n) is 17.6. The number of hydrogen-bond acceptors (Lipinski definition) is 8. The van der Waals surface area contributed by atoms with E-state index in [1.54, 1.807) is 26.2 Å². The molecular formula is C45H62ClN3O7. The molecular weight excluding hydrogens is 730 g/mol. The number of carbonyl (C=O) groups is 4. The van der Waals surface area contributed by atoms with Crippen LogP contribution in [-0.4, -0.2) is 62.5 Å². The standard InChI is InChI=1S/C45H62ClN3O7/c1-25(2)34-28(50)20-44(32-24-49(38(54)56-32)45(18-19-45)36-47-22-26(46)23-48-36)17-16-42(8)27(35(34)44)10-11-30-41(7)14-13-31(55-33(51)21-39(3,4)37(52)53)40(5,6)29(41)12-15-43(30,42)9/h22-23,25,27,29-32H,10-21,24H2,1-9H3,(H,52,53). The van der Waals surface area contributed by atoms with E-state index in [2.05, 4.69) is 58.4 Å². The largest absolute Gasteiger partial charge is 0.481 e. The summed E-state index contributed by atoms with van der Waals surface area (Å²) in [6.45, 7) is 20.0. The lowest BCUT2D eigenvalue weighted by Crippen LogP contribution is -2.66. The smallest absolute Gasteiger partial charge is 0.411 e. The maximum Gasteiger partial charge on any atom is 0.411 e. The Kier molecular flexibility index (Phi) is 9.06. The van der Waals surface area contributed by atoms with Gasteiger partial charge in [-0.3, -0.25) is 19.3 Å². The van der Waals surface area contributed by atoms with Crippen LogP contribution in [0.2, 0.25) is 5.02 Å². The lowest BCUT2D eigenvalue weighted by atomic mass is 9.33. The number of ketones is 1. The van der Waals surface area contributed by atoms with E-state index in [-0.39, 0.29) is 57.9 Å². The van der Waals surface area contributed by atoms with Gasteiger partial charge in [0.25, 0.3) is 0 Å². The van der Waals surface area contributed by atoms with E-state index < -0.39 is 34.4 Å². The lowest BCUT2D eigenvalue weighted by molar-refractivity contribution is -0.234. The number of fused-ring (bicyclic) bond motifs is 7. The van der Waals surface area contributed by atoms with E-state index in [9.17, 15) is 24.3 Å². The summed E-state index contributed by atoms with van der Waals surface area (Å²) in [5.41, 5.74) is -0.290. The number of halogens is 1. The molecule has 5 saturated carbocycles. The van der Waals surface area contributed by atoms with Crippen molar-refractivity contribution in [2.75, 3.05) is 6.54 Å². The van der Waals surface area contributed by atoms with E-state index >= 15 is 0 Å². The molecule has 1 N–H and O–H groups in total. The van der Waals surface area contributed by atoms with Crippen LogP contribution in [0.15, 0.2) is 23.5 Å². The van der Waals surface area contributed by atoms with Crippen LogP contribution in [-0.2, 0) is 29.4 Å². The fourth-order valence-electron chi connectivity index (χ4n) is 14.3. The quantitative estimate of drug-likeness (QED) is 0.256. The number of rotatable bonds is 8. The highest BCUT2D eigenvalue weighted by Crippen LogP contribution is 2.77. The van der Waals surface area contributed by atoms with Crippen molar-refractivity contribution in [3.05, 3.63) is 34.4 Å². The summed E-state index contributed by atoms with van der Waals surface area (Å²) >= 11 is 6.13. The first-order valence-electron chi connectivity index (χ1n) is 21.2. The summed E-state index contributed by atoms with van der Waals surface area (Å²) < 4.78 is 12.6. The van der Waals surface area contributed by atoms with Gasteiger partial charge in [-0.25, -0.2) is 14.8 Å². The maximum atomic E-state index is 14.3. The molecule has 9 atom stereocenters. The molecule has 6 fully saturated rings. The summed E-state index contributed by atoms with van der Waals surface area (Å²) in [5, 5.41) is 10.1. The van der Waals surface area contributed by atoms with Crippen LogP contribution in [0.1, 0.15) is 145 Å². The SMILES string of the molecule is CC(C)C1=C2C3CCC4C5(C)CCC(OC(=O)CC(C)(C)C(=O)O)C(C)(C)C5CCC4(C)C3(C)CCC2(C2CN(C3(c4ncc(Cl)cn4)CC3)C(=O)O2)CC1=O. The van der Waals surface area contributed by atoms with Gasteiger partial charge in [0.15, 0.2) is 11.6 Å². The number of amides is 1. The topological polar surface area (TPSA) is 136 Å². The minimum atomic E-state index is -1.18. The van der Waals surface area contributed by atoms with Crippen LogP contribution < -0.4 is 0 Å². The molecule has 0 aromatic carbocycles. The van der Waals surface area contributed by atoms with Gasteiger partial charge in [-0.2, -0.15) is 0 Å². The highest BCUT2D eigenvalue weighted by molar-refractivity contribution is 6.30. The number of esters is 1. The van der Waals surface area contributed by atoms with Crippen molar-refractivity contribution in [1.29, 1.82) is 0 Å². The summed E-state index contributed by atoms with van der Waals surface area (Å²) in [5.74, 6) is 0.483. The second kappa shape index (κ2) is 12.7. The van der Waals surface area contributed by atoms with Crippen molar-refractivity contribution in [2.24, 2.45) is 56.2 Å². The zero-order valence-corrected chi connectivity index (χ0v) is 35.7. The second-order valence-electron chi connectivity index (χ2n) is 21.3. The average molecular weight is 792 g/mol. The van der Waals surface area contributed by atoms with Gasteiger partial charge in [0.1, 0.15) is 17.7 Å². The Morgan fingerprint density at radius 2 is 1.62 bits per heavy atom. The van der Waals surface area contributed by atoms with E-state index in [0.717, 1.165) is 69.8 Å². The van der Waals surface area contributed by atoms with Gasteiger partial charge in [0.05, 0.1) is 23.4 Å². The minimum Gasteiger partial charge on any atom is -0.481 e. The molecule has 306 valence electrons. The van der Waals surface area contributed by atoms with Crippen LogP contribution in [0.4, 0.5) is 4.79 Å². The normalized spacial score (nSPS) is 39.7. The minimum absolute atomic E-state index is 0.0154. The fraction of sp³-hybridized carbons (Fsp3) is 0.778. The number of aromatic nitrogens is 2. The summed E-state index contributed by atoms with van der Waals surface area (Å²) in [4.78, 5) is 64.1. The average Bonchev–Trinajstić information content (AvgIpc) is 3.71. The van der Waals surface area contributed by atoms with Gasteiger partial charge in [0.2, 0.25) is 0 Å². The first-order valence-corrected chi connectivity index (χ1v) is 21.6. The number of hydrogen-bond donors (Lipinski definition) is 1. The molecule has 2 heterocycles. The van der Waals surface area contributed by atoms with Gasteiger partial charge in [0, 0.05) is 29.6 Å². The number of ether oxygens (including phenoxy) is 2. The Morgan fingerprint density at radius 3 is 2.25 bits per heavy atom. The number of carbonyl (C=O) groups excluding carboxylic acids is 3. The van der Waals surface area contributed by atoms with Crippen LogP contribution in [0.5, 0.6) is 0 Å². The molecule has 1 saturated heterocycles. The van der Waals surface area contributed by atoms with E-state index in [4.69, 9.17) is 21.1 Å². The highest BCUT2D eigenvalue weighted by atomic mass is 35.5. The lowest BCUT2D eigenvalue weighted by Gasteiger charge is -2.72. The maximum absolute atomic E-state index is 14.3. The number of carboxylic acid groups (broad SMARTS) is 1. The Hall–Kier alpha value is -3.01. The Labute approximate surface area is 337 Å². The molecule has 6 aliphatic carbocycles. The summed E-state index contributed by atoms with van der Waals surface area (Å²) in [6, 6.07) is 0. The van der Waals surface area contributed by atoms with Gasteiger partial charge in [-0.05, 0) is 129 Å². The van der Waals surface area contributed by atoms with Gasteiger partial charge >= 0.3 is 18.0 Å². The Balaban J connectivity index is 1.08. The predicted octanol–water partition coefficient (Wildman–Crippen LogP) is 9.33. The zero-order valence-electron chi connectivity index (χ0n) is 34.9.